The summed E-state index contributed by atoms with van der Waals surface area (Å²) >= 11 is 0. The molecular formula is C18H24N6O3S. The van der Waals surface area contributed by atoms with Crippen molar-refractivity contribution in [3.63, 3.8) is 0 Å². The SMILES string of the molecule is O=C(Nc1ccn(Cc2ccncc2)n1)N1CCCC(N2CCCS2(=O)=O)C1. The lowest BCUT2D eigenvalue weighted by Crippen LogP contribution is -2.51. The van der Waals surface area contributed by atoms with E-state index in [1.54, 1.807) is 32.3 Å². The summed E-state index contributed by atoms with van der Waals surface area (Å²) < 4.78 is 27.7. The average Bonchev–Trinajstić information content (AvgIpc) is 3.28. The molecule has 2 fully saturated rings. The summed E-state index contributed by atoms with van der Waals surface area (Å²) in [5.41, 5.74) is 1.07. The molecule has 0 bridgehead atoms. The second-order valence-corrected chi connectivity index (χ2v) is 9.25. The molecule has 0 spiro atoms. The van der Waals surface area contributed by atoms with E-state index in [1.807, 2.05) is 18.3 Å². The second kappa shape index (κ2) is 7.88. The van der Waals surface area contributed by atoms with Gasteiger partial charge in [0.1, 0.15) is 0 Å². The van der Waals surface area contributed by atoms with Gasteiger partial charge in [-0.15, -0.1) is 0 Å². The molecule has 0 saturated carbocycles. The minimum atomic E-state index is -3.17. The van der Waals surface area contributed by atoms with E-state index >= 15 is 0 Å². The molecule has 2 amide bonds. The van der Waals surface area contributed by atoms with Crippen molar-refractivity contribution in [2.75, 3.05) is 30.7 Å². The van der Waals surface area contributed by atoms with Gasteiger partial charge in [0.2, 0.25) is 10.0 Å². The van der Waals surface area contributed by atoms with Crippen LogP contribution in [0.5, 0.6) is 0 Å². The Morgan fingerprint density at radius 1 is 1.18 bits per heavy atom. The molecule has 28 heavy (non-hydrogen) atoms. The van der Waals surface area contributed by atoms with Crippen LogP contribution in [0, 0.1) is 0 Å². The first kappa shape index (κ1) is 18.9. The van der Waals surface area contributed by atoms with Crippen molar-refractivity contribution in [1.82, 2.24) is 24.0 Å². The Kier molecular flexibility index (Phi) is 5.31. The van der Waals surface area contributed by atoms with E-state index in [1.165, 1.54) is 0 Å². The fraction of sp³-hybridized carbons (Fsp3) is 0.500. The van der Waals surface area contributed by atoms with Crippen LogP contribution in [-0.4, -0.2) is 69.8 Å². The van der Waals surface area contributed by atoms with E-state index in [2.05, 4.69) is 15.4 Å². The van der Waals surface area contributed by atoms with Crippen molar-refractivity contribution < 1.29 is 13.2 Å². The molecule has 2 aromatic heterocycles. The number of amides is 2. The molecule has 9 nitrogen and oxygen atoms in total. The maximum Gasteiger partial charge on any atom is 0.323 e. The summed E-state index contributed by atoms with van der Waals surface area (Å²) in [5.74, 6) is 0.694. The Labute approximate surface area is 164 Å². The van der Waals surface area contributed by atoms with Crippen LogP contribution in [0.25, 0.3) is 0 Å². The minimum absolute atomic E-state index is 0.128. The number of rotatable bonds is 4. The number of carbonyl (C=O) groups excluding carboxylic acids is 1. The monoisotopic (exact) mass is 404 g/mol. The first-order valence-electron chi connectivity index (χ1n) is 9.49. The summed E-state index contributed by atoms with van der Waals surface area (Å²) in [5, 5.41) is 7.22. The third-order valence-corrected chi connectivity index (χ3v) is 7.20. The number of nitrogens with one attached hydrogen (secondary N) is 1. The van der Waals surface area contributed by atoms with Gasteiger partial charge in [0.15, 0.2) is 5.82 Å². The van der Waals surface area contributed by atoms with Crippen molar-refractivity contribution in [2.45, 2.75) is 31.8 Å². The third kappa shape index (κ3) is 4.17. The standard InChI is InChI=1S/C18H24N6O3S/c25-18(20-17-6-11-23(21-17)13-15-4-7-19-8-5-15)22-9-1-3-16(14-22)24-10-2-12-28(24,26)27/h4-8,11,16H,1-3,9-10,12-14H2,(H,20,21,25). The molecule has 1 N–H and O–H groups in total. The zero-order valence-electron chi connectivity index (χ0n) is 15.6. The van der Waals surface area contributed by atoms with Crippen LogP contribution >= 0.6 is 0 Å². The predicted molar refractivity (Wildman–Crippen MR) is 104 cm³/mol. The molecule has 0 aromatic carbocycles. The van der Waals surface area contributed by atoms with Crippen molar-refractivity contribution in [3.8, 4) is 0 Å². The quantitative estimate of drug-likeness (QED) is 0.829. The Balaban J connectivity index is 1.36. The summed E-state index contributed by atoms with van der Waals surface area (Å²) in [6.45, 7) is 2.19. The Bertz CT molecular complexity index is 930. The van der Waals surface area contributed by atoms with Crippen LogP contribution in [0.1, 0.15) is 24.8 Å². The molecule has 1 atom stereocenters. The van der Waals surface area contributed by atoms with Gasteiger partial charge < -0.3 is 4.90 Å². The number of piperidine rings is 1. The van der Waals surface area contributed by atoms with Gasteiger partial charge in [0, 0.05) is 50.3 Å². The van der Waals surface area contributed by atoms with Gasteiger partial charge in [-0.1, -0.05) is 0 Å². The molecular weight excluding hydrogens is 380 g/mol. The van der Waals surface area contributed by atoms with Crippen molar-refractivity contribution in [2.24, 2.45) is 0 Å². The molecule has 150 valence electrons. The number of pyridine rings is 1. The highest BCUT2D eigenvalue weighted by molar-refractivity contribution is 7.89. The molecule has 0 aliphatic carbocycles. The molecule has 1 unspecified atom stereocenters. The Morgan fingerprint density at radius 3 is 2.75 bits per heavy atom. The highest BCUT2D eigenvalue weighted by Gasteiger charge is 2.37. The van der Waals surface area contributed by atoms with Gasteiger partial charge in [-0.05, 0) is 37.0 Å². The fourth-order valence-electron chi connectivity index (χ4n) is 3.82. The van der Waals surface area contributed by atoms with Crippen molar-refractivity contribution in [1.29, 1.82) is 0 Å². The lowest BCUT2D eigenvalue weighted by molar-refractivity contribution is 0.163. The maximum absolute atomic E-state index is 12.6. The van der Waals surface area contributed by atoms with Gasteiger partial charge in [0.25, 0.3) is 0 Å². The molecule has 2 aromatic rings. The summed E-state index contributed by atoms with van der Waals surface area (Å²) in [4.78, 5) is 18.3. The van der Waals surface area contributed by atoms with Crippen LogP contribution in [0.15, 0.2) is 36.8 Å². The molecule has 2 aliphatic rings. The zero-order chi connectivity index (χ0) is 19.6. The number of likely N-dealkylation sites (tertiary alicyclic amines) is 1. The van der Waals surface area contributed by atoms with E-state index in [4.69, 9.17) is 0 Å². The number of sulfonamides is 1. The molecule has 0 radical (unpaired) electrons. The van der Waals surface area contributed by atoms with Crippen LogP contribution < -0.4 is 5.32 Å². The first-order valence-corrected chi connectivity index (χ1v) is 11.1. The maximum atomic E-state index is 12.6. The van der Waals surface area contributed by atoms with Gasteiger partial charge >= 0.3 is 6.03 Å². The average molecular weight is 404 g/mol. The second-order valence-electron chi connectivity index (χ2n) is 7.21. The lowest BCUT2D eigenvalue weighted by Gasteiger charge is -2.36. The summed E-state index contributed by atoms with van der Waals surface area (Å²) in [7, 11) is -3.17. The van der Waals surface area contributed by atoms with Crippen LogP contribution in [0.4, 0.5) is 10.6 Å². The first-order chi connectivity index (χ1) is 13.5. The summed E-state index contributed by atoms with van der Waals surface area (Å²) in [6.07, 6.45) is 7.53. The smallest absolute Gasteiger partial charge is 0.323 e. The number of urea groups is 1. The predicted octanol–water partition coefficient (Wildman–Crippen LogP) is 1.36. The molecule has 2 aliphatic heterocycles. The molecule has 2 saturated heterocycles. The van der Waals surface area contributed by atoms with Gasteiger partial charge in [-0.3, -0.25) is 15.0 Å². The van der Waals surface area contributed by atoms with E-state index in [9.17, 15) is 13.2 Å². The van der Waals surface area contributed by atoms with Crippen LogP contribution in [-0.2, 0) is 16.6 Å². The van der Waals surface area contributed by atoms with E-state index in [-0.39, 0.29) is 17.8 Å². The van der Waals surface area contributed by atoms with E-state index in [0.717, 1.165) is 18.4 Å². The number of nitrogens with zero attached hydrogens (tertiary/aromatic N) is 5. The highest BCUT2D eigenvalue weighted by atomic mass is 32.2. The largest absolute Gasteiger partial charge is 0.323 e. The van der Waals surface area contributed by atoms with Gasteiger partial charge in [-0.2, -0.15) is 9.40 Å². The lowest BCUT2D eigenvalue weighted by atomic mass is 10.1. The third-order valence-electron chi connectivity index (χ3n) is 5.20. The van der Waals surface area contributed by atoms with Crippen LogP contribution in [0.3, 0.4) is 0 Å². The molecule has 4 heterocycles. The van der Waals surface area contributed by atoms with Gasteiger partial charge in [0.05, 0.1) is 12.3 Å². The summed E-state index contributed by atoms with van der Waals surface area (Å²) in [6, 6.07) is 5.22. The van der Waals surface area contributed by atoms with Crippen LogP contribution in [0.2, 0.25) is 0 Å². The fourth-order valence-corrected chi connectivity index (χ4v) is 5.59. The van der Waals surface area contributed by atoms with E-state index < -0.39 is 10.0 Å². The van der Waals surface area contributed by atoms with Crippen molar-refractivity contribution in [3.05, 3.63) is 42.4 Å². The number of aromatic nitrogens is 3. The Morgan fingerprint density at radius 2 is 2.00 bits per heavy atom. The number of hydrogen-bond donors (Lipinski definition) is 1. The topological polar surface area (TPSA) is 100 Å². The van der Waals surface area contributed by atoms with Crippen molar-refractivity contribution >= 4 is 21.9 Å². The number of hydrogen-bond acceptors (Lipinski definition) is 5. The molecule has 10 heteroatoms. The molecule has 4 rings (SSSR count). The normalized spacial score (nSPS) is 22.3. The van der Waals surface area contributed by atoms with Gasteiger partial charge in [-0.25, -0.2) is 13.2 Å². The van der Waals surface area contributed by atoms with E-state index in [0.29, 0.717) is 38.4 Å². The highest BCUT2D eigenvalue weighted by Crippen LogP contribution is 2.24. The zero-order valence-corrected chi connectivity index (χ0v) is 16.4. The number of carbonyl (C=O) groups is 1. The minimum Gasteiger partial charge on any atom is -0.323 e. The Hall–Kier alpha value is -2.46. The number of anilines is 1.